The van der Waals surface area contributed by atoms with E-state index >= 15 is 0 Å². The van der Waals surface area contributed by atoms with Crippen molar-refractivity contribution >= 4 is 23.8 Å². The third kappa shape index (κ3) is 3.73. The molecule has 0 saturated carbocycles. The minimum absolute atomic E-state index is 0. The molecule has 9 heteroatoms. The zero-order valence-corrected chi connectivity index (χ0v) is 11.1. The standard InChI is InChI=1S/C11H12F3N3O2.ClH/c12-11(13,14)8-5-9(7-10(6-8)17(18)19)16-3-1-15-2-4-16;/h5-7,15H,1-4H2;1H. The van der Waals surface area contributed by atoms with Gasteiger partial charge in [-0.15, -0.1) is 12.4 Å². The molecular formula is C11H13ClF3N3O2. The van der Waals surface area contributed by atoms with Crippen LogP contribution in [0.2, 0.25) is 0 Å². The Morgan fingerprint density at radius 3 is 2.30 bits per heavy atom. The molecule has 0 atom stereocenters. The average molecular weight is 312 g/mol. The zero-order valence-electron chi connectivity index (χ0n) is 10.3. The molecule has 0 aliphatic carbocycles. The molecule has 0 unspecified atom stereocenters. The minimum atomic E-state index is -4.59. The maximum atomic E-state index is 12.7. The fourth-order valence-electron chi connectivity index (χ4n) is 1.97. The predicted octanol–water partition coefficient (Wildman–Crippen LogP) is 2.45. The molecule has 0 aromatic heterocycles. The quantitative estimate of drug-likeness (QED) is 0.673. The predicted molar refractivity (Wildman–Crippen MR) is 70.4 cm³/mol. The third-order valence-corrected chi connectivity index (χ3v) is 2.92. The number of piperazine rings is 1. The topological polar surface area (TPSA) is 58.4 Å². The number of anilines is 1. The van der Waals surface area contributed by atoms with Crippen molar-refractivity contribution in [1.82, 2.24) is 5.32 Å². The van der Waals surface area contributed by atoms with Gasteiger partial charge in [-0.1, -0.05) is 0 Å². The van der Waals surface area contributed by atoms with Crippen LogP contribution in [-0.4, -0.2) is 31.1 Å². The molecule has 1 saturated heterocycles. The van der Waals surface area contributed by atoms with Crippen LogP contribution in [0.1, 0.15) is 5.56 Å². The SMILES string of the molecule is Cl.O=[N+]([O-])c1cc(N2CCNCC2)cc(C(F)(F)F)c1. The van der Waals surface area contributed by atoms with Crippen LogP contribution < -0.4 is 10.2 Å². The highest BCUT2D eigenvalue weighted by Gasteiger charge is 2.33. The number of hydrogen-bond acceptors (Lipinski definition) is 4. The molecule has 5 nitrogen and oxygen atoms in total. The van der Waals surface area contributed by atoms with Crippen LogP contribution in [-0.2, 0) is 6.18 Å². The van der Waals surface area contributed by atoms with Gasteiger partial charge in [0.1, 0.15) is 0 Å². The van der Waals surface area contributed by atoms with E-state index in [1.807, 2.05) is 0 Å². The van der Waals surface area contributed by atoms with Gasteiger partial charge in [-0.05, 0) is 6.07 Å². The van der Waals surface area contributed by atoms with Crippen LogP contribution in [0.25, 0.3) is 0 Å². The van der Waals surface area contributed by atoms with Gasteiger partial charge in [-0.2, -0.15) is 13.2 Å². The number of benzene rings is 1. The number of nitro benzene ring substituents is 1. The van der Waals surface area contributed by atoms with Crippen LogP contribution in [0.5, 0.6) is 0 Å². The van der Waals surface area contributed by atoms with Gasteiger partial charge in [-0.3, -0.25) is 10.1 Å². The summed E-state index contributed by atoms with van der Waals surface area (Å²) in [6.07, 6.45) is -4.59. The van der Waals surface area contributed by atoms with Crippen LogP contribution in [0.3, 0.4) is 0 Å². The normalized spacial score (nSPS) is 15.7. The number of halogens is 4. The summed E-state index contributed by atoms with van der Waals surface area (Å²) in [7, 11) is 0. The van der Waals surface area contributed by atoms with Gasteiger partial charge in [0.25, 0.3) is 5.69 Å². The van der Waals surface area contributed by atoms with E-state index in [1.54, 1.807) is 4.90 Å². The Kier molecular flexibility index (Phi) is 5.18. The fourth-order valence-corrected chi connectivity index (χ4v) is 1.97. The first-order valence-electron chi connectivity index (χ1n) is 5.70. The van der Waals surface area contributed by atoms with Gasteiger partial charge in [0.15, 0.2) is 0 Å². The first kappa shape index (κ1) is 16.5. The van der Waals surface area contributed by atoms with E-state index in [0.29, 0.717) is 32.2 Å². The van der Waals surface area contributed by atoms with E-state index in [9.17, 15) is 23.3 Å². The van der Waals surface area contributed by atoms with Gasteiger partial charge < -0.3 is 10.2 Å². The zero-order chi connectivity index (χ0) is 14.0. The number of nitrogens with zero attached hydrogens (tertiary/aromatic N) is 2. The third-order valence-electron chi connectivity index (χ3n) is 2.92. The molecule has 0 amide bonds. The van der Waals surface area contributed by atoms with Crippen LogP contribution >= 0.6 is 12.4 Å². The summed E-state index contributed by atoms with van der Waals surface area (Å²) in [4.78, 5) is 11.6. The first-order valence-corrected chi connectivity index (χ1v) is 5.70. The molecule has 1 aromatic rings. The monoisotopic (exact) mass is 311 g/mol. The minimum Gasteiger partial charge on any atom is -0.369 e. The Morgan fingerprint density at radius 1 is 1.20 bits per heavy atom. The van der Waals surface area contributed by atoms with Crippen molar-refractivity contribution < 1.29 is 18.1 Å². The molecule has 20 heavy (non-hydrogen) atoms. The fraction of sp³-hybridized carbons (Fsp3) is 0.455. The molecule has 1 fully saturated rings. The molecule has 1 aliphatic heterocycles. The van der Waals surface area contributed by atoms with Crippen LogP contribution in [0, 0.1) is 10.1 Å². The van der Waals surface area contributed by atoms with Gasteiger partial charge in [0.2, 0.25) is 0 Å². The highest BCUT2D eigenvalue weighted by molar-refractivity contribution is 5.85. The number of nitro groups is 1. The van der Waals surface area contributed by atoms with Crippen molar-refractivity contribution in [3.63, 3.8) is 0 Å². The highest BCUT2D eigenvalue weighted by atomic mass is 35.5. The van der Waals surface area contributed by atoms with E-state index < -0.39 is 22.4 Å². The lowest BCUT2D eigenvalue weighted by molar-refractivity contribution is -0.385. The van der Waals surface area contributed by atoms with Crippen molar-refractivity contribution in [2.75, 3.05) is 31.1 Å². The maximum Gasteiger partial charge on any atom is 0.416 e. The lowest BCUT2D eigenvalue weighted by Gasteiger charge is -2.29. The molecule has 0 radical (unpaired) electrons. The second-order valence-corrected chi connectivity index (χ2v) is 4.23. The second kappa shape index (κ2) is 6.27. The molecule has 0 spiro atoms. The summed E-state index contributed by atoms with van der Waals surface area (Å²) in [5.74, 6) is 0. The van der Waals surface area contributed by atoms with Gasteiger partial charge in [0, 0.05) is 44.0 Å². The molecule has 1 aromatic carbocycles. The van der Waals surface area contributed by atoms with Gasteiger partial charge >= 0.3 is 6.18 Å². The molecule has 112 valence electrons. The Labute approximate surface area is 119 Å². The molecule has 2 rings (SSSR count). The largest absolute Gasteiger partial charge is 0.416 e. The van der Waals surface area contributed by atoms with Crippen molar-refractivity contribution in [1.29, 1.82) is 0 Å². The van der Waals surface area contributed by atoms with Crippen LogP contribution in [0.15, 0.2) is 18.2 Å². The number of nitrogens with one attached hydrogen (secondary N) is 1. The Morgan fingerprint density at radius 2 is 1.80 bits per heavy atom. The summed E-state index contributed by atoms with van der Waals surface area (Å²) >= 11 is 0. The average Bonchev–Trinajstić information content (AvgIpc) is 2.38. The summed E-state index contributed by atoms with van der Waals surface area (Å²) in [5, 5.41) is 13.8. The number of rotatable bonds is 2. The molecule has 1 heterocycles. The lowest BCUT2D eigenvalue weighted by Crippen LogP contribution is -2.43. The number of non-ortho nitro benzene ring substituents is 1. The van der Waals surface area contributed by atoms with Crippen molar-refractivity contribution in [2.45, 2.75) is 6.18 Å². The smallest absolute Gasteiger partial charge is 0.369 e. The van der Waals surface area contributed by atoms with E-state index in [-0.39, 0.29) is 18.1 Å². The molecule has 1 aliphatic rings. The summed E-state index contributed by atoms with van der Waals surface area (Å²) in [6, 6.07) is 2.70. The van der Waals surface area contributed by atoms with Crippen LogP contribution in [0.4, 0.5) is 24.5 Å². The van der Waals surface area contributed by atoms with Gasteiger partial charge in [-0.25, -0.2) is 0 Å². The lowest BCUT2D eigenvalue weighted by atomic mass is 10.1. The van der Waals surface area contributed by atoms with E-state index in [4.69, 9.17) is 0 Å². The Hall–Kier alpha value is -1.54. The second-order valence-electron chi connectivity index (χ2n) is 4.23. The summed E-state index contributed by atoms with van der Waals surface area (Å²) in [5.41, 5.74) is -1.29. The molecule has 0 bridgehead atoms. The van der Waals surface area contributed by atoms with Crippen molar-refractivity contribution in [3.8, 4) is 0 Å². The summed E-state index contributed by atoms with van der Waals surface area (Å²) in [6.45, 7) is 2.34. The maximum absolute atomic E-state index is 12.7. The Balaban J connectivity index is 0.00000200. The van der Waals surface area contributed by atoms with Crippen molar-refractivity contribution in [3.05, 3.63) is 33.9 Å². The Bertz CT molecular complexity index is 490. The number of alkyl halides is 3. The van der Waals surface area contributed by atoms with E-state index in [1.165, 1.54) is 6.07 Å². The summed E-state index contributed by atoms with van der Waals surface area (Å²) < 4.78 is 38.2. The van der Waals surface area contributed by atoms with E-state index in [0.717, 1.165) is 6.07 Å². The van der Waals surface area contributed by atoms with Gasteiger partial charge in [0.05, 0.1) is 10.5 Å². The molecular weight excluding hydrogens is 299 g/mol. The number of hydrogen-bond donors (Lipinski definition) is 1. The van der Waals surface area contributed by atoms with E-state index in [2.05, 4.69) is 5.32 Å². The first-order chi connectivity index (χ1) is 8.88. The molecule has 1 N–H and O–H groups in total. The highest BCUT2D eigenvalue weighted by Crippen LogP contribution is 2.35. The van der Waals surface area contributed by atoms with Crippen molar-refractivity contribution in [2.24, 2.45) is 0 Å².